The van der Waals surface area contributed by atoms with Gasteiger partial charge >= 0.3 is 6.18 Å². The summed E-state index contributed by atoms with van der Waals surface area (Å²) in [6.45, 7) is 8.57. The molecule has 0 heterocycles. The molecule has 0 aliphatic carbocycles. The molecule has 0 radical (unpaired) electrons. The van der Waals surface area contributed by atoms with Crippen LogP contribution in [0.3, 0.4) is 0 Å². The number of hydrogen-bond acceptors (Lipinski definition) is 0. The van der Waals surface area contributed by atoms with Crippen LogP contribution in [-0.4, -0.2) is 6.18 Å². The van der Waals surface area contributed by atoms with Gasteiger partial charge in [0.1, 0.15) is 0 Å². The van der Waals surface area contributed by atoms with Gasteiger partial charge in [-0.05, 0) is 27.7 Å². The fraction of sp³-hybridized carbons (Fsp3) is 0.333. The minimum atomic E-state index is -4.00. The molecule has 2 rings (SSSR count). The summed E-state index contributed by atoms with van der Waals surface area (Å²) in [6.07, 6.45) is -4.00. The summed E-state index contributed by atoms with van der Waals surface area (Å²) in [6, 6.07) is 17.0. The summed E-state index contributed by atoms with van der Waals surface area (Å²) in [5.41, 5.74) is 5.32. The molecule has 3 heteroatoms. The first-order valence-electron chi connectivity index (χ1n) is 6.71. The van der Waals surface area contributed by atoms with Gasteiger partial charge in [0, 0.05) is 6.92 Å². The van der Waals surface area contributed by atoms with Crippen molar-refractivity contribution in [3.05, 3.63) is 70.8 Å². The SMILES string of the molecule is CC(F)(F)F.Cc1ccc(C)cc1.Cc1ccc(C)cc1. The van der Waals surface area contributed by atoms with Crippen LogP contribution in [0.25, 0.3) is 0 Å². The molecule has 0 unspecified atom stereocenters. The molecule has 0 saturated carbocycles. The van der Waals surface area contributed by atoms with Crippen LogP contribution in [0.5, 0.6) is 0 Å². The van der Waals surface area contributed by atoms with Crippen LogP contribution in [-0.2, 0) is 0 Å². The van der Waals surface area contributed by atoms with E-state index in [0.717, 1.165) is 0 Å². The lowest BCUT2D eigenvalue weighted by molar-refractivity contribution is -0.110. The van der Waals surface area contributed by atoms with Crippen LogP contribution in [0.15, 0.2) is 48.5 Å². The predicted molar refractivity (Wildman–Crippen MR) is 83.6 cm³/mol. The maximum absolute atomic E-state index is 10.4. The summed E-state index contributed by atoms with van der Waals surface area (Å²) < 4.78 is 31.1. The molecule has 21 heavy (non-hydrogen) atoms. The van der Waals surface area contributed by atoms with Gasteiger partial charge in [-0.1, -0.05) is 70.8 Å². The standard InChI is InChI=1S/2C8H10.C2H3F3/c2*1-7-3-5-8(2)6-4-7;1-2(3,4)5/h2*3-6H,1-2H3;1H3. The Morgan fingerprint density at radius 2 is 0.619 bits per heavy atom. The highest BCUT2D eigenvalue weighted by Gasteiger charge is 2.15. The van der Waals surface area contributed by atoms with Crippen molar-refractivity contribution in [2.24, 2.45) is 0 Å². The number of hydrogen-bond donors (Lipinski definition) is 0. The minimum Gasteiger partial charge on any atom is -0.172 e. The van der Waals surface area contributed by atoms with Gasteiger partial charge in [-0.2, -0.15) is 13.2 Å². The normalized spacial score (nSPS) is 9.90. The van der Waals surface area contributed by atoms with Gasteiger partial charge in [0.2, 0.25) is 0 Å². The van der Waals surface area contributed by atoms with E-state index in [1.807, 2.05) is 0 Å². The molecule has 0 atom stereocenters. The molecular formula is C18H23F3. The molecule has 0 saturated heterocycles. The van der Waals surface area contributed by atoms with E-state index in [9.17, 15) is 13.2 Å². The molecule has 0 bridgehead atoms. The predicted octanol–water partition coefficient (Wildman–Crippen LogP) is 6.18. The first-order chi connectivity index (χ1) is 9.58. The lowest BCUT2D eigenvalue weighted by Crippen LogP contribution is -1.95. The van der Waals surface area contributed by atoms with Crippen LogP contribution in [0.4, 0.5) is 13.2 Å². The van der Waals surface area contributed by atoms with Crippen LogP contribution in [0, 0.1) is 27.7 Å². The van der Waals surface area contributed by atoms with E-state index < -0.39 is 6.18 Å². The Hall–Kier alpha value is -1.77. The molecule has 116 valence electrons. The summed E-state index contributed by atoms with van der Waals surface area (Å²) in [7, 11) is 0. The zero-order chi connectivity index (χ0) is 16.5. The topological polar surface area (TPSA) is 0 Å². The Morgan fingerprint density at radius 3 is 0.714 bits per heavy atom. The summed E-state index contributed by atoms with van der Waals surface area (Å²) in [5.74, 6) is 0. The Labute approximate surface area is 125 Å². The number of halogens is 3. The van der Waals surface area contributed by atoms with Crippen molar-refractivity contribution in [2.75, 3.05) is 0 Å². The lowest BCUT2D eigenvalue weighted by Gasteiger charge is -1.90. The van der Waals surface area contributed by atoms with Crippen molar-refractivity contribution < 1.29 is 13.2 Å². The molecule has 0 aliphatic rings. The third-order valence-electron chi connectivity index (χ3n) is 2.44. The Kier molecular flexibility index (Phi) is 8.44. The van der Waals surface area contributed by atoms with E-state index in [1.165, 1.54) is 22.3 Å². The van der Waals surface area contributed by atoms with Gasteiger partial charge in [0.15, 0.2) is 0 Å². The molecule has 0 N–H and O–H groups in total. The van der Waals surface area contributed by atoms with Crippen molar-refractivity contribution in [2.45, 2.75) is 40.8 Å². The van der Waals surface area contributed by atoms with Crippen LogP contribution >= 0.6 is 0 Å². The second-order valence-electron chi connectivity index (χ2n) is 5.09. The third kappa shape index (κ3) is 14.4. The Bertz CT molecular complexity index is 402. The Morgan fingerprint density at radius 1 is 0.524 bits per heavy atom. The minimum absolute atomic E-state index is 0.188. The van der Waals surface area contributed by atoms with E-state index in [4.69, 9.17) is 0 Å². The van der Waals surface area contributed by atoms with E-state index >= 15 is 0 Å². The number of rotatable bonds is 0. The van der Waals surface area contributed by atoms with Crippen LogP contribution in [0.1, 0.15) is 29.2 Å². The van der Waals surface area contributed by atoms with E-state index in [-0.39, 0.29) is 6.92 Å². The van der Waals surface area contributed by atoms with Gasteiger partial charge < -0.3 is 0 Å². The fourth-order valence-electron chi connectivity index (χ4n) is 1.27. The van der Waals surface area contributed by atoms with Crippen LogP contribution < -0.4 is 0 Å². The number of alkyl halides is 3. The number of benzene rings is 2. The Balaban J connectivity index is 0.000000296. The van der Waals surface area contributed by atoms with E-state index in [1.54, 1.807) is 0 Å². The largest absolute Gasteiger partial charge is 0.386 e. The molecule has 2 aromatic rings. The molecule has 0 aliphatic heterocycles. The highest BCUT2D eigenvalue weighted by Crippen LogP contribution is 2.10. The average molecular weight is 296 g/mol. The molecule has 0 fully saturated rings. The third-order valence-corrected chi connectivity index (χ3v) is 2.44. The smallest absolute Gasteiger partial charge is 0.172 e. The summed E-state index contributed by atoms with van der Waals surface area (Å²) in [4.78, 5) is 0. The number of aryl methyl sites for hydroxylation is 4. The highest BCUT2D eigenvalue weighted by molar-refractivity contribution is 5.20. The maximum Gasteiger partial charge on any atom is 0.386 e. The van der Waals surface area contributed by atoms with Crippen molar-refractivity contribution in [3.63, 3.8) is 0 Å². The second kappa shape index (κ2) is 9.22. The maximum atomic E-state index is 10.4. The zero-order valence-electron chi connectivity index (χ0n) is 13.3. The van der Waals surface area contributed by atoms with E-state index in [0.29, 0.717) is 0 Å². The monoisotopic (exact) mass is 296 g/mol. The van der Waals surface area contributed by atoms with Gasteiger partial charge in [-0.25, -0.2) is 0 Å². The second-order valence-corrected chi connectivity index (χ2v) is 5.09. The van der Waals surface area contributed by atoms with Crippen LogP contribution in [0.2, 0.25) is 0 Å². The molecule has 0 spiro atoms. The van der Waals surface area contributed by atoms with Crippen molar-refractivity contribution in [1.29, 1.82) is 0 Å². The zero-order valence-corrected chi connectivity index (χ0v) is 13.3. The quantitative estimate of drug-likeness (QED) is 0.545. The molecule has 2 aromatic carbocycles. The summed E-state index contributed by atoms with van der Waals surface area (Å²) in [5, 5.41) is 0. The fourth-order valence-corrected chi connectivity index (χ4v) is 1.27. The van der Waals surface area contributed by atoms with E-state index in [2.05, 4.69) is 76.2 Å². The molecular weight excluding hydrogens is 273 g/mol. The lowest BCUT2D eigenvalue weighted by atomic mass is 10.2. The average Bonchev–Trinajstić information content (AvgIpc) is 2.35. The van der Waals surface area contributed by atoms with Crippen molar-refractivity contribution >= 4 is 0 Å². The van der Waals surface area contributed by atoms with Gasteiger partial charge in [-0.3, -0.25) is 0 Å². The molecule has 0 amide bonds. The first kappa shape index (κ1) is 19.2. The summed E-state index contributed by atoms with van der Waals surface area (Å²) >= 11 is 0. The first-order valence-corrected chi connectivity index (χ1v) is 6.71. The van der Waals surface area contributed by atoms with Gasteiger partial charge in [-0.15, -0.1) is 0 Å². The van der Waals surface area contributed by atoms with Gasteiger partial charge in [0.25, 0.3) is 0 Å². The highest BCUT2D eigenvalue weighted by atomic mass is 19.4. The molecule has 0 aromatic heterocycles. The van der Waals surface area contributed by atoms with Gasteiger partial charge in [0.05, 0.1) is 0 Å². The van der Waals surface area contributed by atoms with Crippen molar-refractivity contribution in [1.82, 2.24) is 0 Å². The molecule has 0 nitrogen and oxygen atoms in total. The van der Waals surface area contributed by atoms with Crippen molar-refractivity contribution in [3.8, 4) is 0 Å².